The van der Waals surface area contributed by atoms with Gasteiger partial charge in [0.2, 0.25) is 0 Å². The van der Waals surface area contributed by atoms with E-state index >= 15 is 0 Å². The van der Waals surface area contributed by atoms with E-state index < -0.39 is 0 Å². The molecule has 0 saturated heterocycles. The lowest BCUT2D eigenvalue weighted by molar-refractivity contribution is -0.119. The third-order valence-electron chi connectivity index (χ3n) is 2.54. The van der Waals surface area contributed by atoms with Crippen LogP contribution in [0.1, 0.15) is 12.0 Å². The maximum absolute atomic E-state index is 11.8. The number of hydrogen-bond donors (Lipinski definition) is 0. The molecule has 0 aliphatic heterocycles. The van der Waals surface area contributed by atoms with Crippen LogP contribution in [0.5, 0.6) is 0 Å². The van der Waals surface area contributed by atoms with Gasteiger partial charge < -0.3 is 4.57 Å². The molecule has 0 aliphatic carbocycles. The van der Waals surface area contributed by atoms with Crippen molar-refractivity contribution >= 4 is 21.7 Å². The van der Waals surface area contributed by atoms with Crippen LogP contribution in [0.3, 0.4) is 0 Å². The van der Waals surface area contributed by atoms with Crippen molar-refractivity contribution in [1.29, 1.82) is 0 Å². The highest BCUT2D eigenvalue weighted by atomic mass is 79.9. The Bertz CT molecular complexity index is 493. The summed E-state index contributed by atoms with van der Waals surface area (Å²) in [5.41, 5.74) is 1.20. The lowest BCUT2D eigenvalue weighted by Gasteiger charge is -2.03. The van der Waals surface area contributed by atoms with Gasteiger partial charge in [-0.1, -0.05) is 30.3 Å². The molecule has 0 unspecified atom stereocenters. The minimum atomic E-state index is 0.215. The maximum atomic E-state index is 11.8. The quantitative estimate of drug-likeness (QED) is 0.849. The lowest BCUT2D eigenvalue weighted by Crippen LogP contribution is -2.10. The number of ketones is 1. The van der Waals surface area contributed by atoms with Crippen molar-refractivity contribution in [3.8, 4) is 0 Å². The van der Waals surface area contributed by atoms with Gasteiger partial charge in [-0.25, -0.2) is 4.98 Å². The van der Waals surface area contributed by atoms with E-state index in [0.717, 1.165) is 11.0 Å². The topological polar surface area (TPSA) is 34.9 Å². The smallest absolute Gasteiger partial charge is 0.152 e. The molecule has 0 N–H and O–H groups in total. The first kappa shape index (κ1) is 12.0. The third kappa shape index (κ3) is 3.53. The zero-order chi connectivity index (χ0) is 12.1. The highest BCUT2D eigenvalue weighted by Crippen LogP contribution is 2.09. The molecule has 4 heteroatoms. The number of aromatic nitrogens is 2. The second kappa shape index (κ2) is 5.77. The van der Waals surface area contributed by atoms with E-state index in [9.17, 15) is 4.79 Å². The van der Waals surface area contributed by atoms with Crippen LogP contribution in [0.4, 0.5) is 0 Å². The van der Waals surface area contributed by atoms with E-state index in [1.807, 2.05) is 30.3 Å². The number of Topliss-reactive ketones (excluding diaryl/α,β-unsaturated/α-hetero) is 1. The van der Waals surface area contributed by atoms with Crippen molar-refractivity contribution in [2.24, 2.45) is 0 Å². The second-order valence-electron chi connectivity index (χ2n) is 3.87. The third-order valence-corrected chi connectivity index (χ3v) is 3.20. The van der Waals surface area contributed by atoms with Crippen molar-refractivity contribution in [2.75, 3.05) is 0 Å². The first-order valence-corrected chi connectivity index (χ1v) is 6.26. The molecule has 1 aromatic heterocycles. The van der Waals surface area contributed by atoms with Crippen LogP contribution in [0, 0.1) is 0 Å². The van der Waals surface area contributed by atoms with Gasteiger partial charge in [0, 0.05) is 6.42 Å². The van der Waals surface area contributed by atoms with E-state index in [0.29, 0.717) is 13.0 Å². The molecule has 0 saturated carbocycles. The van der Waals surface area contributed by atoms with Crippen LogP contribution in [0.15, 0.2) is 47.5 Å². The monoisotopic (exact) mass is 292 g/mol. The van der Waals surface area contributed by atoms with Gasteiger partial charge in [-0.2, -0.15) is 0 Å². The molecule has 1 heterocycles. The maximum Gasteiger partial charge on any atom is 0.152 e. The fraction of sp³-hybridized carbons (Fsp3) is 0.231. The SMILES string of the molecule is O=C(CCc1ccccc1)Cn1cncc1Br. The zero-order valence-electron chi connectivity index (χ0n) is 9.34. The second-order valence-corrected chi connectivity index (χ2v) is 4.68. The summed E-state index contributed by atoms with van der Waals surface area (Å²) in [6.07, 6.45) is 4.70. The van der Waals surface area contributed by atoms with Gasteiger partial charge >= 0.3 is 0 Å². The van der Waals surface area contributed by atoms with E-state index in [1.54, 1.807) is 17.1 Å². The van der Waals surface area contributed by atoms with Crippen molar-refractivity contribution in [1.82, 2.24) is 9.55 Å². The average molecular weight is 293 g/mol. The van der Waals surface area contributed by atoms with Crippen molar-refractivity contribution in [3.05, 3.63) is 53.0 Å². The van der Waals surface area contributed by atoms with Crippen molar-refractivity contribution in [3.63, 3.8) is 0 Å². The lowest BCUT2D eigenvalue weighted by atomic mass is 10.1. The number of nitrogens with zero attached hydrogens (tertiary/aromatic N) is 2. The molecule has 3 nitrogen and oxygen atoms in total. The van der Waals surface area contributed by atoms with Crippen LogP contribution in [-0.2, 0) is 17.8 Å². The summed E-state index contributed by atoms with van der Waals surface area (Å²) in [7, 11) is 0. The number of benzene rings is 1. The van der Waals surface area contributed by atoms with E-state index in [2.05, 4.69) is 20.9 Å². The largest absolute Gasteiger partial charge is 0.318 e. The summed E-state index contributed by atoms with van der Waals surface area (Å²) in [6, 6.07) is 10.0. The van der Waals surface area contributed by atoms with Gasteiger partial charge in [-0.05, 0) is 27.9 Å². The first-order chi connectivity index (χ1) is 8.25. The van der Waals surface area contributed by atoms with E-state index in [1.165, 1.54) is 5.56 Å². The fourth-order valence-corrected chi connectivity index (χ4v) is 1.95. The Kier molecular flexibility index (Phi) is 4.09. The number of imidazole rings is 1. The Morgan fingerprint density at radius 2 is 2.06 bits per heavy atom. The standard InChI is InChI=1S/C13H13BrN2O/c14-13-8-15-10-16(13)9-12(17)7-6-11-4-2-1-3-5-11/h1-5,8,10H,6-7,9H2. The number of carbonyl (C=O) groups is 1. The van der Waals surface area contributed by atoms with Crippen LogP contribution >= 0.6 is 15.9 Å². The Morgan fingerprint density at radius 3 is 2.71 bits per heavy atom. The summed E-state index contributed by atoms with van der Waals surface area (Å²) in [5.74, 6) is 0.215. The zero-order valence-corrected chi connectivity index (χ0v) is 10.9. The van der Waals surface area contributed by atoms with Gasteiger partial charge in [0.25, 0.3) is 0 Å². The predicted octanol–water partition coefficient (Wildman–Crippen LogP) is 2.85. The molecule has 0 bridgehead atoms. The van der Waals surface area contributed by atoms with E-state index in [-0.39, 0.29) is 5.78 Å². The van der Waals surface area contributed by atoms with Gasteiger partial charge in [0.15, 0.2) is 5.78 Å². The summed E-state index contributed by atoms with van der Waals surface area (Å²) in [4.78, 5) is 15.7. The van der Waals surface area contributed by atoms with E-state index in [4.69, 9.17) is 0 Å². The molecule has 1 aromatic carbocycles. The van der Waals surface area contributed by atoms with Gasteiger partial charge in [0.05, 0.1) is 19.1 Å². The van der Waals surface area contributed by atoms with Crippen molar-refractivity contribution in [2.45, 2.75) is 19.4 Å². The van der Waals surface area contributed by atoms with Gasteiger partial charge in [0.1, 0.15) is 4.60 Å². The molecule has 2 aromatic rings. The molecule has 0 spiro atoms. The van der Waals surface area contributed by atoms with Gasteiger partial charge in [-0.3, -0.25) is 4.79 Å². The summed E-state index contributed by atoms with van der Waals surface area (Å²) in [6.45, 7) is 0.382. The van der Waals surface area contributed by atoms with Crippen LogP contribution in [-0.4, -0.2) is 15.3 Å². The molecule has 88 valence electrons. The normalized spacial score (nSPS) is 10.4. The number of rotatable bonds is 5. The number of hydrogen-bond acceptors (Lipinski definition) is 2. The van der Waals surface area contributed by atoms with Crippen LogP contribution in [0.2, 0.25) is 0 Å². The van der Waals surface area contributed by atoms with Crippen LogP contribution in [0.25, 0.3) is 0 Å². The minimum Gasteiger partial charge on any atom is -0.318 e. The summed E-state index contributed by atoms with van der Waals surface area (Å²) >= 11 is 3.34. The predicted molar refractivity (Wildman–Crippen MR) is 69.7 cm³/mol. The number of halogens is 1. The first-order valence-electron chi connectivity index (χ1n) is 5.47. The average Bonchev–Trinajstić information content (AvgIpc) is 2.74. The fourth-order valence-electron chi connectivity index (χ4n) is 1.62. The molecular weight excluding hydrogens is 280 g/mol. The highest BCUT2D eigenvalue weighted by Gasteiger charge is 2.06. The van der Waals surface area contributed by atoms with Crippen molar-refractivity contribution < 1.29 is 4.79 Å². The Balaban J connectivity index is 1.85. The molecule has 0 atom stereocenters. The molecule has 17 heavy (non-hydrogen) atoms. The molecule has 0 radical (unpaired) electrons. The Hall–Kier alpha value is -1.42. The number of aryl methyl sites for hydroxylation is 1. The van der Waals surface area contributed by atoms with Gasteiger partial charge in [-0.15, -0.1) is 0 Å². The number of carbonyl (C=O) groups excluding carboxylic acids is 1. The Morgan fingerprint density at radius 1 is 1.29 bits per heavy atom. The Labute approximate surface area is 109 Å². The molecular formula is C13H13BrN2O. The highest BCUT2D eigenvalue weighted by molar-refractivity contribution is 9.10. The summed E-state index contributed by atoms with van der Waals surface area (Å²) in [5, 5.41) is 0. The molecule has 0 fully saturated rings. The summed E-state index contributed by atoms with van der Waals surface area (Å²) < 4.78 is 2.64. The minimum absolute atomic E-state index is 0.215. The molecule has 0 aliphatic rings. The molecule has 0 amide bonds. The van der Waals surface area contributed by atoms with Crippen LogP contribution < -0.4 is 0 Å². The molecule has 2 rings (SSSR count).